The van der Waals surface area contributed by atoms with Crippen molar-refractivity contribution in [2.75, 3.05) is 13.2 Å². The Hall–Kier alpha value is -1.43. The van der Waals surface area contributed by atoms with Crippen LogP contribution in [-0.2, 0) is 15.1 Å². The van der Waals surface area contributed by atoms with Crippen molar-refractivity contribution in [1.82, 2.24) is 15.5 Å². The van der Waals surface area contributed by atoms with Crippen LogP contribution in [0.25, 0.3) is 0 Å². The summed E-state index contributed by atoms with van der Waals surface area (Å²) in [5.74, 6) is 1.83. The van der Waals surface area contributed by atoms with Crippen LogP contribution in [0, 0.1) is 0 Å². The Morgan fingerprint density at radius 1 is 1.40 bits per heavy atom. The lowest BCUT2D eigenvalue weighted by molar-refractivity contribution is -0.125. The van der Waals surface area contributed by atoms with Gasteiger partial charge in [-0.05, 0) is 19.3 Å². The number of nitrogens with one attached hydrogen (secondary N) is 1. The maximum Gasteiger partial charge on any atom is 0.252 e. The van der Waals surface area contributed by atoms with E-state index in [1.54, 1.807) is 0 Å². The van der Waals surface area contributed by atoms with Crippen LogP contribution in [0.2, 0.25) is 0 Å². The number of amides is 1. The zero-order valence-corrected chi connectivity index (χ0v) is 11.9. The molecule has 1 aromatic rings. The fourth-order valence-corrected chi connectivity index (χ4v) is 2.61. The molecule has 2 fully saturated rings. The van der Waals surface area contributed by atoms with Crippen LogP contribution in [0.15, 0.2) is 4.52 Å². The molecular weight excluding hydrogens is 258 g/mol. The van der Waals surface area contributed by atoms with E-state index in [9.17, 15) is 4.79 Å². The number of carbonyl (C=O) groups is 1. The summed E-state index contributed by atoms with van der Waals surface area (Å²) in [4.78, 5) is 16.5. The maximum absolute atomic E-state index is 12.0. The number of aromatic nitrogens is 2. The van der Waals surface area contributed by atoms with Gasteiger partial charge < -0.3 is 14.6 Å². The predicted octanol–water partition coefficient (Wildman–Crippen LogP) is 1.87. The third kappa shape index (κ3) is 2.70. The molecule has 1 aliphatic carbocycles. The second-order valence-corrected chi connectivity index (χ2v) is 5.72. The lowest BCUT2D eigenvalue weighted by atomic mass is 9.89. The predicted molar refractivity (Wildman–Crippen MR) is 71.1 cm³/mol. The molecule has 0 spiro atoms. The Labute approximate surface area is 118 Å². The molecule has 0 radical (unpaired) electrons. The van der Waals surface area contributed by atoms with Gasteiger partial charge in [0.15, 0.2) is 5.82 Å². The molecule has 0 unspecified atom stereocenters. The summed E-state index contributed by atoms with van der Waals surface area (Å²) in [6.07, 6.45) is 5.00. The number of ether oxygens (including phenoxy) is 1. The molecule has 1 aliphatic heterocycles. The SMILES string of the molecule is CCCC(=O)NC1(c2nc(C3CC3)no2)CCOCC1. The standard InChI is InChI=1S/C14H21N3O3/c1-2-3-11(18)16-14(6-8-19-9-7-14)13-15-12(17-20-13)10-4-5-10/h10H,2-9H2,1H3,(H,16,18). The van der Waals surface area contributed by atoms with Crippen LogP contribution in [0.4, 0.5) is 0 Å². The van der Waals surface area contributed by atoms with Gasteiger partial charge >= 0.3 is 0 Å². The number of rotatable bonds is 5. The van der Waals surface area contributed by atoms with Gasteiger partial charge in [0, 0.05) is 38.4 Å². The summed E-state index contributed by atoms with van der Waals surface area (Å²) >= 11 is 0. The molecule has 1 saturated carbocycles. The highest BCUT2D eigenvalue weighted by Crippen LogP contribution is 2.40. The lowest BCUT2D eigenvalue weighted by Gasteiger charge is -2.34. The second-order valence-electron chi connectivity index (χ2n) is 5.72. The Morgan fingerprint density at radius 3 is 2.80 bits per heavy atom. The van der Waals surface area contributed by atoms with Crippen molar-refractivity contribution in [3.8, 4) is 0 Å². The Morgan fingerprint density at radius 2 is 2.15 bits per heavy atom. The van der Waals surface area contributed by atoms with E-state index >= 15 is 0 Å². The Balaban J connectivity index is 1.81. The number of hydrogen-bond acceptors (Lipinski definition) is 5. The smallest absolute Gasteiger partial charge is 0.252 e. The lowest BCUT2D eigenvalue weighted by Crippen LogP contribution is -2.49. The minimum Gasteiger partial charge on any atom is -0.381 e. The monoisotopic (exact) mass is 279 g/mol. The summed E-state index contributed by atoms with van der Waals surface area (Å²) in [5, 5.41) is 7.18. The third-order valence-electron chi connectivity index (χ3n) is 4.00. The average Bonchev–Trinajstić information content (AvgIpc) is 3.17. The summed E-state index contributed by atoms with van der Waals surface area (Å²) in [5.41, 5.74) is -0.537. The molecule has 3 rings (SSSR count). The van der Waals surface area contributed by atoms with Gasteiger partial charge in [0.25, 0.3) is 5.89 Å². The van der Waals surface area contributed by atoms with Crippen molar-refractivity contribution in [3.05, 3.63) is 11.7 Å². The van der Waals surface area contributed by atoms with E-state index < -0.39 is 5.54 Å². The van der Waals surface area contributed by atoms with E-state index in [0.29, 0.717) is 44.3 Å². The van der Waals surface area contributed by atoms with Crippen LogP contribution in [0.3, 0.4) is 0 Å². The van der Waals surface area contributed by atoms with Gasteiger partial charge in [-0.1, -0.05) is 12.1 Å². The zero-order valence-electron chi connectivity index (χ0n) is 11.9. The minimum atomic E-state index is -0.537. The Kier molecular flexibility index (Phi) is 3.74. The number of carbonyl (C=O) groups excluding carboxylic acids is 1. The molecule has 1 amide bonds. The highest BCUT2D eigenvalue weighted by atomic mass is 16.5. The van der Waals surface area contributed by atoms with E-state index in [-0.39, 0.29) is 5.91 Å². The molecule has 2 heterocycles. The van der Waals surface area contributed by atoms with Gasteiger partial charge in [-0.15, -0.1) is 0 Å². The molecule has 0 aromatic carbocycles. The summed E-state index contributed by atoms with van der Waals surface area (Å²) in [7, 11) is 0. The van der Waals surface area contributed by atoms with E-state index in [1.807, 2.05) is 6.92 Å². The first-order valence-corrected chi connectivity index (χ1v) is 7.46. The van der Waals surface area contributed by atoms with Gasteiger partial charge in [-0.25, -0.2) is 0 Å². The fourth-order valence-electron chi connectivity index (χ4n) is 2.61. The zero-order chi connectivity index (χ0) is 14.0. The van der Waals surface area contributed by atoms with E-state index in [0.717, 1.165) is 25.1 Å². The third-order valence-corrected chi connectivity index (χ3v) is 4.00. The fraction of sp³-hybridized carbons (Fsp3) is 0.786. The normalized spacial score (nSPS) is 21.6. The summed E-state index contributed by atoms with van der Waals surface area (Å²) < 4.78 is 10.9. The van der Waals surface area contributed by atoms with Crippen molar-refractivity contribution in [2.45, 2.75) is 56.9 Å². The number of hydrogen-bond donors (Lipinski definition) is 1. The first-order valence-electron chi connectivity index (χ1n) is 7.46. The molecule has 110 valence electrons. The van der Waals surface area contributed by atoms with Crippen molar-refractivity contribution in [1.29, 1.82) is 0 Å². The van der Waals surface area contributed by atoms with Gasteiger partial charge in [0.05, 0.1) is 0 Å². The van der Waals surface area contributed by atoms with E-state index in [2.05, 4.69) is 15.5 Å². The average molecular weight is 279 g/mol. The van der Waals surface area contributed by atoms with Crippen molar-refractivity contribution in [2.24, 2.45) is 0 Å². The molecule has 20 heavy (non-hydrogen) atoms. The molecular formula is C14H21N3O3. The van der Waals surface area contributed by atoms with Crippen LogP contribution in [0.5, 0.6) is 0 Å². The van der Waals surface area contributed by atoms with E-state index in [4.69, 9.17) is 9.26 Å². The van der Waals surface area contributed by atoms with Gasteiger partial charge in [-0.2, -0.15) is 4.98 Å². The van der Waals surface area contributed by atoms with Crippen LogP contribution >= 0.6 is 0 Å². The van der Waals surface area contributed by atoms with Crippen molar-refractivity contribution < 1.29 is 14.1 Å². The molecule has 0 atom stereocenters. The molecule has 2 aliphatic rings. The molecule has 1 N–H and O–H groups in total. The van der Waals surface area contributed by atoms with Gasteiger partial charge in [0.1, 0.15) is 5.54 Å². The molecule has 1 saturated heterocycles. The molecule has 6 nitrogen and oxygen atoms in total. The highest BCUT2D eigenvalue weighted by Gasteiger charge is 2.42. The highest BCUT2D eigenvalue weighted by molar-refractivity contribution is 5.76. The molecule has 0 bridgehead atoms. The minimum absolute atomic E-state index is 0.0422. The molecule has 1 aromatic heterocycles. The maximum atomic E-state index is 12.0. The summed E-state index contributed by atoms with van der Waals surface area (Å²) in [6, 6.07) is 0. The molecule has 6 heteroatoms. The quantitative estimate of drug-likeness (QED) is 0.890. The van der Waals surface area contributed by atoms with Gasteiger partial charge in [-0.3, -0.25) is 4.79 Å². The topological polar surface area (TPSA) is 77.3 Å². The Bertz CT molecular complexity index is 476. The summed E-state index contributed by atoms with van der Waals surface area (Å²) in [6.45, 7) is 3.20. The van der Waals surface area contributed by atoms with Crippen LogP contribution in [0.1, 0.15) is 63.1 Å². The number of nitrogens with zero attached hydrogens (tertiary/aromatic N) is 2. The second kappa shape index (κ2) is 5.52. The van der Waals surface area contributed by atoms with E-state index in [1.165, 1.54) is 0 Å². The van der Waals surface area contributed by atoms with Crippen LogP contribution in [-0.4, -0.2) is 29.3 Å². The first kappa shape index (κ1) is 13.5. The first-order chi connectivity index (χ1) is 9.73. The largest absolute Gasteiger partial charge is 0.381 e. The van der Waals surface area contributed by atoms with Crippen molar-refractivity contribution >= 4 is 5.91 Å². The van der Waals surface area contributed by atoms with Crippen LogP contribution < -0.4 is 5.32 Å². The van der Waals surface area contributed by atoms with Crippen molar-refractivity contribution in [3.63, 3.8) is 0 Å². The van der Waals surface area contributed by atoms with Gasteiger partial charge in [0.2, 0.25) is 5.91 Å².